The quantitative estimate of drug-likeness (QED) is 0.653. The van der Waals surface area contributed by atoms with Crippen LogP contribution in [0.5, 0.6) is 5.75 Å². The number of anilines is 1. The largest absolute Gasteiger partial charge is 0.478 e. The van der Waals surface area contributed by atoms with Crippen molar-refractivity contribution in [3.05, 3.63) is 23.8 Å². The van der Waals surface area contributed by atoms with E-state index in [9.17, 15) is 9.59 Å². The van der Waals surface area contributed by atoms with Crippen LogP contribution in [0.4, 0.5) is 5.69 Å². The lowest BCUT2D eigenvalue weighted by Crippen LogP contribution is -2.36. The Labute approximate surface area is 105 Å². The topological polar surface area (TPSA) is 107 Å². The molecule has 0 aliphatic heterocycles. The minimum absolute atomic E-state index is 0.142. The SMILES string of the molecule is CCNC(=O)C(C)Oc1c(N)cccc1C(N)=O. The molecule has 2 amide bonds. The molecule has 18 heavy (non-hydrogen) atoms. The van der Waals surface area contributed by atoms with Crippen molar-refractivity contribution in [2.45, 2.75) is 20.0 Å². The van der Waals surface area contributed by atoms with E-state index in [4.69, 9.17) is 16.2 Å². The Morgan fingerprint density at radius 1 is 1.44 bits per heavy atom. The molecule has 5 N–H and O–H groups in total. The van der Waals surface area contributed by atoms with E-state index in [2.05, 4.69) is 5.32 Å². The molecular weight excluding hydrogens is 234 g/mol. The fraction of sp³-hybridized carbons (Fsp3) is 0.333. The van der Waals surface area contributed by atoms with E-state index < -0.39 is 12.0 Å². The van der Waals surface area contributed by atoms with Gasteiger partial charge in [0.05, 0.1) is 11.3 Å². The van der Waals surface area contributed by atoms with Crippen molar-refractivity contribution in [1.82, 2.24) is 5.32 Å². The molecule has 0 saturated heterocycles. The average molecular weight is 251 g/mol. The number of nitrogens with two attached hydrogens (primary N) is 2. The summed E-state index contributed by atoms with van der Waals surface area (Å²) in [6, 6.07) is 4.67. The van der Waals surface area contributed by atoms with E-state index in [1.165, 1.54) is 6.07 Å². The molecule has 98 valence electrons. The number of rotatable bonds is 5. The Morgan fingerprint density at radius 2 is 2.11 bits per heavy atom. The average Bonchev–Trinajstić information content (AvgIpc) is 2.31. The monoisotopic (exact) mass is 251 g/mol. The highest BCUT2D eigenvalue weighted by Crippen LogP contribution is 2.27. The zero-order chi connectivity index (χ0) is 13.7. The van der Waals surface area contributed by atoms with Crippen LogP contribution < -0.4 is 21.5 Å². The van der Waals surface area contributed by atoms with E-state index >= 15 is 0 Å². The molecule has 1 rings (SSSR count). The lowest BCUT2D eigenvalue weighted by Gasteiger charge is -2.17. The highest BCUT2D eigenvalue weighted by atomic mass is 16.5. The number of carbonyl (C=O) groups is 2. The summed E-state index contributed by atoms with van der Waals surface area (Å²) < 4.78 is 5.41. The molecular formula is C12H17N3O3. The summed E-state index contributed by atoms with van der Waals surface area (Å²) >= 11 is 0. The third-order valence-electron chi connectivity index (χ3n) is 2.33. The minimum atomic E-state index is -0.757. The van der Waals surface area contributed by atoms with E-state index in [0.717, 1.165) is 0 Å². The van der Waals surface area contributed by atoms with Crippen LogP contribution in [0.25, 0.3) is 0 Å². The van der Waals surface area contributed by atoms with Gasteiger partial charge in [0, 0.05) is 6.54 Å². The maximum Gasteiger partial charge on any atom is 0.260 e. The fourth-order valence-electron chi connectivity index (χ4n) is 1.43. The summed E-state index contributed by atoms with van der Waals surface area (Å²) in [4.78, 5) is 22.8. The smallest absolute Gasteiger partial charge is 0.260 e. The molecule has 0 fully saturated rings. The first-order valence-electron chi connectivity index (χ1n) is 5.60. The van der Waals surface area contributed by atoms with Crippen LogP contribution in [0.15, 0.2) is 18.2 Å². The van der Waals surface area contributed by atoms with Crippen molar-refractivity contribution < 1.29 is 14.3 Å². The Balaban J connectivity index is 2.96. The van der Waals surface area contributed by atoms with Gasteiger partial charge in [-0.05, 0) is 26.0 Å². The van der Waals surface area contributed by atoms with Crippen LogP contribution in [0.3, 0.4) is 0 Å². The number of benzene rings is 1. The van der Waals surface area contributed by atoms with Gasteiger partial charge in [-0.2, -0.15) is 0 Å². The van der Waals surface area contributed by atoms with Gasteiger partial charge in [0.2, 0.25) is 0 Å². The summed E-state index contributed by atoms with van der Waals surface area (Å²) in [5, 5.41) is 2.61. The summed E-state index contributed by atoms with van der Waals surface area (Å²) in [7, 11) is 0. The van der Waals surface area contributed by atoms with Crippen molar-refractivity contribution >= 4 is 17.5 Å². The molecule has 0 bridgehead atoms. The Bertz CT molecular complexity index is 460. The van der Waals surface area contributed by atoms with Gasteiger partial charge in [0.15, 0.2) is 11.9 Å². The first kappa shape index (κ1) is 13.8. The predicted molar refractivity (Wildman–Crippen MR) is 68.1 cm³/mol. The van der Waals surface area contributed by atoms with Gasteiger partial charge < -0.3 is 21.5 Å². The molecule has 0 radical (unpaired) electrons. The third kappa shape index (κ3) is 3.13. The lowest BCUT2D eigenvalue weighted by molar-refractivity contribution is -0.127. The van der Waals surface area contributed by atoms with Crippen molar-refractivity contribution in [3.8, 4) is 5.75 Å². The van der Waals surface area contributed by atoms with Crippen LogP contribution in [0, 0.1) is 0 Å². The first-order valence-corrected chi connectivity index (χ1v) is 5.60. The number of hydrogen-bond acceptors (Lipinski definition) is 4. The fourth-order valence-corrected chi connectivity index (χ4v) is 1.43. The number of likely N-dealkylation sites (N-methyl/N-ethyl adjacent to an activating group) is 1. The second-order valence-corrected chi connectivity index (χ2v) is 3.74. The Hall–Kier alpha value is -2.24. The van der Waals surface area contributed by atoms with E-state index in [1.54, 1.807) is 26.0 Å². The number of ether oxygens (including phenoxy) is 1. The summed E-state index contributed by atoms with van der Waals surface area (Å²) in [5.41, 5.74) is 11.4. The van der Waals surface area contributed by atoms with Crippen LogP contribution >= 0.6 is 0 Å². The number of hydrogen-bond donors (Lipinski definition) is 3. The predicted octanol–water partition coefficient (Wildman–Crippen LogP) is 0.271. The van der Waals surface area contributed by atoms with Crippen molar-refractivity contribution in [2.75, 3.05) is 12.3 Å². The second-order valence-electron chi connectivity index (χ2n) is 3.74. The number of carbonyl (C=O) groups excluding carboxylic acids is 2. The Morgan fingerprint density at radius 3 is 2.67 bits per heavy atom. The van der Waals surface area contributed by atoms with Gasteiger partial charge >= 0.3 is 0 Å². The third-order valence-corrected chi connectivity index (χ3v) is 2.33. The molecule has 1 aromatic carbocycles. The molecule has 1 atom stereocenters. The zero-order valence-electron chi connectivity index (χ0n) is 10.4. The Kier molecular flexibility index (Phi) is 4.53. The molecule has 6 nitrogen and oxygen atoms in total. The first-order chi connectivity index (χ1) is 8.47. The number of nitrogens with one attached hydrogen (secondary N) is 1. The van der Waals surface area contributed by atoms with E-state index in [1.807, 2.05) is 0 Å². The van der Waals surface area contributed by atoms with Crippen LogP contribution in [0.1, 0.15) is 24.2 Å². The maximum atomic E-state index is 11.5. The molecule has 0 saturated carbocycles. The summed E-state index contributed by atoms with van der Waals surface area (Å²) in [6.45, 7) is 3.87. The van der Waals surface area contributed by atoms with E-state index in [-0.39, 0.29) is 22.9 Å². The van der Waals surface area contributed by atoms with Gasteiger partial charge in [0.25, 0.3) is 11.8 Å². The van der Waals surface area contributed by atoms with Crippen LogP contribution in [-0.4, -0.2) is 24.5 Å². The van der Waals surface area contributed by atoms with Gasteiger partial charge in [-0.15, -0.1) is 0 Å². The standard InChI is InChI=1S/C12H17N3O3/c1-3-15-12(17)7(2)18-10-8(11(14)16)5-4-6-9(10)13/h4-7H,3,13H2,1-2H3,(H2,14,16)(H,15,17). The molecule has 0 aromatic heterocycles. The minimum Gasteiger partial charge on any atom is -0.478 e. The normalized spacial score (nSPS) is 11.7. The van der Waals surface area contributed by atoms with Crippen LogP contribution in [-0.2, 0) is 4.79 Å². The maximum absolute atomic E-state index is 11.5. The van der Waals surface area contributed by atoms with Gasteiger partial charge in [-0.25, -0.2) is 0 Å². The molecule has 1 unspecified atom stereocenters. The highest BCUT2D eigenvalue weighted by molar-refractivity contribution is 5.97. The number of para-hydroxylation sites is 1. The van der Waals surface area contributed by atoms with Crippen LogP contribution in [0.2, 0.25) is 0 Å². The number of amides is 2. The molecule has 0 spiro atoms. The van der Waals surface area contributed by atoms with Gasteiger partial charge in [-0.1, -0.05) is 6.07 Å². The van der Waals surface area contributed by atoms with Crippen molar-refractivity contribution in [1.29, 1.82) is 0 Å². The number of nitrogen functional groups attached to an aromatic ring is 1. The molecule has 0 aliphatic carbocycles. The summed E-state index contributed by atoms with van der Waals surface area (Å²) in [5.74, 6) is -0.791. The molecule has 0 aliphatic rings. The molecule has 6 heteroatoms. The van der Waals surface area contributed by atoms with E-state index in [0.29, 0.717) is 6.54 Å². The van der Waals surface area contributed by atoms with Crippen molar-refractivity contribution in [2.24, 2.45) is 5.73 Å². The molecule has 0 heterocycles. The zero-order valence-corrected chi connectivity index (χ0v) is 10.4. The van der Waals surface area contributed by atoms with Gasteiger partial charge in [-0.3, -0.25) is 9.59 Å². The van der Waals surface area contributed by atoms with Crippen molar-refractivity contribution in [3.63, 3.8) is 0 Å². The second kappa shape index (κ2) is 5.90. The molecule has 1 aromatic rings. The lowest BCUT2D eigenvalue weighted by atomic mass is 10.1. The number of primary amides is 1. The highest BCUT2D eigenvalue weighted by Gasteiger charge is 2.19. The van der Waals surface area contributed by atoms with Gasteiger partial charge in [0.1, 0.15) is 0 Å². The summed E-state index contributed by atoms with van der Waals surface area (Å²) in [6.07, 6.45) is -0.757.